The average Bonchev–Trinajstić information content (AvgIpc) is 3.30. The van der Waals surface area contributed by atoms with Gasteiger partial charge in [-0.25, -0.2) is 14.6 Å². The zero-order valence-corrected chi connectivity index (χ0v) is 15.1. The van der Waals surface area contributed by atoms with E-state index in [9.17, 15) is 4.79 Å². The molecule has 7 heteroatoms. The Labute approximate surface area is 150 Å². The van der Waals surface area contributed by atoms with Gasteiger partial charge in [0.05, 0.1) is 22.4 Å². The fourth-order valence-corrected chi connectivity index (χ4v) is 2.97. The third-order valence-corrected chi connectivity index (χ3v) is 4.81. The van der Waals surface area contributed by atoms with E-state index in [4.69, 9.17) is 0 Å². The van der Waals surface area contributed by atoms with Crippen molar-refractivity contribution >= 4 is 23.3 Å². The minimum atomic E-state index is -0.0569. The Kier molecular flexibility index (Phi) is 5.04. The smallest absolute Gasteiger partial charge is 0.246 e. The fourth-order valence-electron chi connectivity index (χ4n) is 2.39. The zero-order valence-electron chi connectivity index (χ0n) is 14.3. The van der Waals surface area contributed by atoms with Gasteiger partial charge >= 0.3 is 0 Å². The molecule has 0 aliphatic heterocycles. The first-order chi connectivity index (χ1) is 12.0. The number of hydrogen-bond acceptors (Lipinski definition) is 5. The number of rotatable bonds is 5. The number of carbonyl (C=O) groups excluding carboxylic acids is 1. The van der Waals surface area contributed by atoms with Crippen molar-refractivity contribution in [3.05, 3.63) is 64.6 Å². The normalized spacial score (nSPS) is 12.4. The Morgan fingerprint density at radius 1 is 1.32 bits per heavy atom. The molecule has 2 aromatic heterocycles. The van der Waals surface area contributed by atoms with Crippen LogP contribution in [0.2, 0.25) is 0 Å². The van der Waals surface area contributed by atoms with E-state index in [1.807, 2.05) is 43.5 Å². The number of thiazole rings is 1. The van der Waals surface area contributed by atoms with Crippen LogP contribution in [-0.2, 0) is 4.79 Å². The zero-order chi connectivity index (χ0) is 17.8. The van der Waals surface area contributed by atoms with Crippen LogP contribution in [0.3, 0.4) is 0 Å². The van der Waals surface area contributed by atoms with Crippen LogP contribution in [0.25, 0.3) is 11.8 Å². The third kappa shape index (κ3) is 4.00. The molecular weight excluding hydrogens is 334 g/mol. The molecule has 0 fully saturated rings. The Hall–Kier alpha value is -2.80. The molecule has 0 aliphatic carbocycles. The first-order valence-corrected chi connectivity index (χ1v) is 8.74. The Morgan fingerprint density at radius 3 is 2.68 bits per heavy atom. The van der Waals surface area contributed by atoms with Gasteiger partial charge in [-0.1, -0.05) is 12.1 Å². The maximum atomic E-state index is 12.4. The van der Waals surface area contributed by atoms with Gasteiger partial charge in [-0.05, 0) is 37.6 Å². The second-order valence-corrected chi connectivity index (χ2v) is 6.74. The molecule has 128 valence electrons. The molecular formula is C18H19N5OS. The Balaban J connectivity index is 1.67. The van der Waals surface area contributed by atoms with Crippen LogP contribution < -0.4 is 0 Å². The van der Waals surface area contributed by atoms with Gasteiger partial charge in [0.25, 0.3) is 0 Å². The van der Waals surface area contributed by atoms with Gasteiger partial charge in [0.2, 0.25) is 5.91 Å². The number of aromatic nitrogens is 4. The van der Waals surface area contributed by atoms with Crippen molar-refractivity contribution in [3.63, 3.8) is 0 Å². The van der Waals surface area contributed by atoms with Gasteiger partial charge in [0, 0.05) is 18.5 Å². The molecule has 0 aliphatic rings. The SMILES string of the molecule is Cc1nc(/C=C/C(=O)N(C)C(C)c2ccc(-n3cncn3)cc2)cs1. The molecule has 0 saturated carbocycles. The van der Waals surface area contributed by atoms with E-state index in [1.54, 1.807) is 46.4 Å². The summed E-state index contributed by atoms with van der Waals surface area (Å²) < 4.78 is 1.70. The van der Waals surface area contributed by atoms with Crippen molar-refractivity contribution < 1.29 is 4.79 Å². The Bertz CT molecular complexity index is 867. The molecule has 0 bridgehead atoms. The van der Waals surface area contributed by atoms with Gasteiger partial charge in [-0.2, -0.15) is 5.10 Å². The van der Waals surface area contributed by atoms with Crippen molar-refractivity contribution in [1.29, 1.82) is 0 Å². The molecule has 6 nitrogen and oxygen atoms in total. The minimum Gasteiger partial charge on any atom is -0.335 e. The van der Waals surface area contributed by atoms with Crippen LogP contribution in [0.5, 0.6) is 0 Å². The third-order valence-electron chi connectivity index (χ3n) is 4.02. The second kappa shape index (κ2) is 7.40. The van der Waals surface area contributed by atoms with E-state index in [-0.39, 0.29) is 11.9 Å². The molecule has 1 amide bonds. The highest BCUT2D eigenvalue weighted by atomic mass is 32.1. The lowest BCUT2D eigenvalue weighted by molar-refractivity contribution is -0.126. The fraction of sp³-hybridized carbons (Fsp3) is 0.222. The van der Waals surface area contributed by atoms with Gasteiger partial charge in [0.1, 0.15) is 12.7 Å². The largest absolute Gasteiger partial charge is 0.335 e. The summed E-state index contributed by atoms with van der Waals surface area (Å²) in [5, 5.41) is 7.03. The lowest BCUT2D eigenvalue weighted by Gasteiger charge is -2.24. The van der Waals surface area contributed by atoms with Crippen LogP contribution >= 0.6 is 11.3 Å². The van der Waals surface area contributed by atoms with E-state index >= 15 is 0 Å². The van der Waals surface area contributed by atoms with Crippen molar-refractivity contribution in [2.24, 2.45) is 0 Å². The predicted octanol–water partition coefficient (Wildman–Crippen LogP) is 3.27. The first kappa shape index (κ1) is 17.0. The van der Waals surface area contributed by atoms with Crippen LogP contribution in [0, 0.1) is 6.92 Å². The average molecular weight is 353 g/mol. The summed E-state index contributed by atoms with van der Waals surface area (Å²) in [4.78, 5) is 22.4. The Morgan fingerprint density at radius 2 is 2.08 bits per heavy atom. The molecule has 1 atom stereocenters. The number of aryl methyl sites for hydroxylation is 1. The number of nitrogens with zero attached hydrogens (tertiary/aromatic N) is 5. The topological polar surface area (TPSA) is 63.9 Å². The standard InChI is InChI=1S/C18H19N5OS/c1-13(15-4-7-17(8-5-15)23-12-19-11-20-23)22(3)18(24)9-6-16-10-25-14(2)21-16/h4-13H,1-3H3/b9-6+. The lowest BCUT2D eigenvalue weighted by atomic mass is 10.1. The quantitative estimate of drug-likeness (QED) is 0.661. The summed E-state index contributed by atoms with van der Waals surface area (Å²) in [6.45, 7) is 3.95. The van der Waals surface area contributed by atoms with Gasteiger partial charge in [-0.15, -0.1) is 11.3 Å². The van der Waals surface area contributed by atoms with Crippen molar-refractivity contribution in [3.8, 4) is 5.69 Å². The summed E-state index contributed by atoms with van der Waals surface area (Å²) in [6.07, 6.45) is 6.47. The summed E-state index contributed by atoms with van der Waals surface area (Å²) in [5.74, 6) is -0.0569. The van der Waals surface area contributed by atoms with Gasteiger partial charge in [-0.3, -0.25) is 4.79 Å². The first-order valence-electron chi connectivity index (χ1n) is 7.86. The minimum absolute atomic E-state index is 0.0425. The van der Waals surface area contributed by atoms with Crippen molar-refractivity contribution in [2.75, 3.05) is 7.05 Å². The highest BCUT2D eigenvalue weighted by Gasteiger charge is 2.15. The van der Waals surface area contributed by atoms with E-state index in [0.717, 1.165) is 22.0 Å². The van der Waals surface area contributed by atoms with E-state index in [0.29, 0.717) is 0 Å². The van der Waals surface area contributed by atoms with Crippen LogP contribution in [-0.4, -0.2) is 37.6 Å². The molecule has 2 heterocycles. The predicted molar refractivity (Wildman–Crippen MR) is 98.4 cm³/mol. The molecule has 1 aromatic carbocycles. The molecule has 3 aromatic rings. The maximum absolute atomic E-state index is 12.4. The summed E-state index contributed by atoms with van der Waals surface area (Å²) in [6, 6.07) is 7.89. The number of likely N-dealkylation sites (N-methyl/N-ethyl adjacent to an activating group) is 1. The van der Waals surface area contributed by atoms with Crippen LogP contribution in [0.15, 0.2) is 48.4 Å². The van der Waals surface area contributed by atoms with Gasteiger partial charge < -0.3 is 4.90 Å². The molecule has 1 unspecified atom stereocenters. The second-order valence-electron chi connectivity index (χ2n) is 5.68. The molecule has 0 N–H and O–H groups in total. The summed E-state index contributed by atoms with van der Waals surface area (Å²) >= 11 is 1.57. The molecule has 3 rings (SSSR count). The monoisotopic (exact) mass is 353 g/mol. The molecule has 0 radical (unpaired) electrons. The maximum Gasteiger partial charge on any atom is 0.246 e. The summed E-state index contributed by atoms with van der Waals surface area (Å²) in [7, 11) is 1.80. The lowest BCUT2D eigenvalue weighted by Crippen LogP contribution is -2.28. The van der Waals surface area contributed by atoms with E-state index in [2.05, 4.69) is 15.1 Å². The highest BCUT2D eigenvalue weighted by Crippen LogP contribution is 2.21. The number of hydrogen-bond donors (Lipinski definition) is 0. The number of carbonyl (C=O) groups is 1. The number of benzene rings is 1. The highest BCUT2D eigenvalue weighted by molar-refractivity contribution is 7.09. The number of amides is 1. The van der Waals surface area contributed by atoms with Crippen LogP contribution in [0.1, 0.15) is 29.2 Å². The van der Waals surface area contributed by atoms with Crippen molar-refractivity contribution in [1.82, 2.24) is 24.6 Å². The van der Waals surface area contributed by atoms with Gasteiger partial charge in [0.15, 0.2) is 0 Å². The van der Waals surface area contributed by atoms with Crippen molar-refractivity contribution in [2.45, 2.75) is 19.9 Å². The summed E-state index contributed by atoms with van der Waals surface area (Å²) in [5.41, 5.74) is 2.80. The van der Waals surface area contributed by atoms with E-state index in [1.165, 1.54) is 6.33 Å². The van der Waals surface area contributed by atoms with Crippen LogP contribution in [0.4, 0.5) is 0 Å². The van der Waals surface area contributed by atoms with E-state index < -0.39 is 0 Å². The molecule has 0 spiro atoms. The molecule has 0 saturated heterocycles. The molecule has 25 heavy (non-hydrogen) atoms.